The number of hydrogen-bond donors (Lipinski definition) is 1. The lowest BCUT2D eigenvalue weighted by atomic mass is 10.0. The predicted octanol–water partition coefficient (Wildman–Crippen LogP) is 2.34. The molecular weight excluding hydrogens is 400 g/mol. The van der Waals surface area contributed by atoms with E-state index >= 15 is 0 Å². The fraction of sp³-hybridized carbons (Fsp3) is 0.368. The van der Waals surface area contributed by atoms with Crippen molar-refractivity contribution < 1.29 is 21.6 Å². The first-order valence-electron chi connectivity index (χ1n) is 8.95. The fourth-order valence-corrected chi connectivity index (χ4v) is 5.43. The highest BCUT2D eigenvalue weighted by molar-refractivity contribution is 7.91. The van der Waals surface area contributed by atoms with Crippen LogP contribution in [-0.2, 0) is 38.8 Å². The molecule has 2 aromatic rings. The normalized spacial score (nSPS) is 15.1. The highest BCUT2D eigenvalue weighted by Crippen LogP contribution is 2.25. The van der Waals surface area contributed by atoms with Crippen molar-refractivity contribution in [2.45, 2.75) is 25.6 Å². The molecule has 0 saturated heterocycles. The van der Waals surface area contributed by atoms with Crippen LogP contribution in [0.1, 0.15) is 23.6 Å². The molecular formula is C19H24N2O5S2. The van der Waals surface area contributed by atoms with Crippen molar-refractivity contribution >= 4 is 25.7 Å². The van der Waals surface area contributed by atoms with Gasteiger partial charge in [0.05, 0.1) is 18.6 Å². The first-order chi connectivity index (χ1) is 13.2. The van der Waals surface area contributed by atoms with Gasteiger partial charge in [-0.2, -0.15) is 4.31 Å². The fourth-order valence-electron chi connectivity index (χ4n) is 3.17. The standard InChI is InChI=1S/C19H24N2O5S2/c1-3-28(24,25)21-11-10-16-6-7-18(12-17(16)13-21)20-27(22,23)14-15-4-8-19(26-2)9-5-15/h4-9,12,20H,3,10-11,13-14H2,1-2H3. The Labute approximate surface area is 166 Å². The first kappa shape index (κ1) is 20.6. The maximum absolute atomic E-state index is 12.5. The molecule has 0 aliphatic carbocycles. The summed E-state index contributed by atoms with van der Waals surface area (Å²) in [5, 5.41) is 0. The second kappa shape index (κ2) is 8.10. The molecule has 0 spiro atoms. The summed E-state index contributed by atoms with van der Waals surface area (Å²) in [5.74, 6) is 0.552. The lowest BCUT2D eigenvalue weighted by molar-refractivity contribution is 0.392. The van der Waals surface area contributed by atoms with Gasteiger partial charge in [0.25, 0.3) is 0 Å². The average molecular weight is 425 g/mol. The summed E-state index contributed by atoms with van der Waals surface area (Å²) < 4.78 is 58.4. The molecule has 0 amide bonds. The molecule has 1 N–H and O–H groups in total. The molecule has 1 aliphatic rings. The number of ether oxygens (including phenoxy) is 1. The molecule has 152 valence electrons. The summed E-state index contributed by atoms with van der Waals surface area (Å²) in [6, 6.07) is 12.1. The Balaban J connectivity index is 1.75. The number of sulfonamides is 2. The predicted molar refractivity (Wildman–Crippen MR) is 109 cm³/mol. The Morgan fingerprint density at radius 3 is 2.39 bits per heavy atom. The third-order valence-corrected chi connectivity index (χ3v) is 7.82. The van der Waals surface area contributed by atoms with Crippen LogP contribution >= 0.6 is 0 Å². The lowest BCUT2D eigenvalue weighted by Gasteiger charge is -2.28. The number of rotatable bonds is 7. The molecule has 3 rings (SSSR count). The van der Waals surface area contributed by atoms with Crippen molar-refractivity contribution in [2.75, 3.05) is 24.1 Å². The largest absolute Gasteiger partial charge is 0.497 e. The zero-order valence-electron chi connectivity index (χ0n) is 15.9. The van der Waals surface area contributed by atoms with Gasteiger partial charge in [-0.25, -0.2) is 16.8 Å². The van der Waals surface area contributed by atoms with Gasteiger partial charge >= 0.3 is 0 Å². The number of methoxy groups -OCH3 is 1. The van der Waals surface area contributed by atoms with Gasteiger partial charge in [0.15, 0.2) is 0 Å². The smallest absolute Gasteiger partial charge is 0.236 e. The molecule has 0 unspecified atom stereocenters. The quantitative estimate of drug-likeness (QED) is 0.736. The molecule has 9 heteroatoms. The summed E-state index contributed by atoms with van der Waals surface area (Å²) in [4.78, 5) is 0. The zero-order valence-corrected chi connectivity index (χ0v) is 17.5. The van der Waals surface area contributed by atoms with Crippen LogP contribution in [0.2, 0.25) is 0 Å². The number of hydrogen-bond acceptors (Lipinski definition) is 5. The Bertz CT molecular complexity index is 1050. The van der Waals surface area contributed by atoms with E-state index < -0.39 is 20.0 Å². The van der Waals surface area contributed by atoms with E-state index in [9.17, 15) is 16.8 Å². The third-order valence-electron chi connectivity index (χ3n) is 4.73. The van der Waals surface area contributed by atoms with Gasteiger partial charge in [-0.15, -0.1) is 0 Å². The lowest BCUT2D eigenvalue weighted by Crippen LogP contribution is -2.36. The van der Waals surface area contributed by atoms with Gasteiger partial charge in [0.1, 0.15) is 5.75 Å². The van der Waals surface area contributed by atoms with Gasteiger partial charge in [-0.05, 0) is 54.3 Å². The zero-order chi connectivity index (χ0) is 20.4. The number of nitrogens with one attached hydrogen (secondary N) is 1. The van der Waals surface area contributed by atoms with E-state index in [2.05, 4.69) is 4.72 Å². The molecule has 1 aliphatic heterocycles. The summed E-state index contributed by atoms with van der Waals surface area (Å²) >= 11 is 0. The summed E-state index contributed by atoms with van der Waals surface area (Å²) in [7, 11) is -5.33. The van der Waals surface area contributed by atoms with E-state index in [1.807, 2.05) is 6.07 Å². The van der Waals surface area contributed by atoms with Gasteiger partial charge < -0.3 is 4.74 Å². The molecule has 28 heavy (non-hydrogen) atoms. The Morgan fingerprint density at radius 2 is 1.75 bits per heavy atom. The van der Waals surface area contributed by atoms with Crippen LogP contribution in [0.25, 0.3) is 0 Å². The topological polar surface area (TPSA) is 92.8 Å². The van der Waals surface area contributed by atoms with Crippen LogP contribution in [0.3, 0.4) is 0 Å². The van der Waals surface area contributed by atoms with Crippen LogP contribution in [0, 0.1) is 0 Å². The molecule has 2 aromatic carbocycles. The maximum atomic E-state index is 12.5. The molecule has 1 heterocycles. The van der Waals surface area contributed by atoms with Crippen LogP contribution in [0.4, 0.5) is 5.69 Å². The van der Waals surface area contributed by atoms with Crippen LogP contribution in [0.15, 0.2) is 42.5 Å². The molecule has 0 fully saturated rings. The van der Waals surface area contributed by atoms with Crippen molar-refractivity contribution in [2.24, 2.45) is 0 Å². The second-order valence-electron chi connectivity index (χ2n) is 6.68. The summed E-state index contributed by atoms with van der Waals surface area (Å²) in [6.45, 7) is 2.33. The summed E-state index contributed by atoms with van der Waals surface area (Å²) in [5.41, 5.74) is 2.95. The Kier molecular flexibility index (Phi) is 5.97. The van der Waals surface area contributed by atoms with Crippen LogP contribution < -0.4 is 9.46 Å². The van der Waals surface area contributed by atoms with Crippen LogP contribution in [-0.4, -0.2) is 40.5 Å². The molecule has 7 nitrogen and oxygen atoms in total. The molecule has 0 bridgehead atoms. The highest BCUT2D eigenvalue weighted by atomic mass is 32.2. The maximum Gasteiger partial charge on any atom is 0.236 e. The van der Waals surface area contributed by atoms with E-state index in [0.717, 1.165) is 11.1 Å². The van der Waals surface area contributed by atoms with E-state index in [0.29, 0.717) is 30.0 Å². The molecule has 0 atom stereocenters. The van der Waals surface area contributed by atoms with E-state index in [1.54, 1.807) is 50.4 Å². The SMILES string of the molecule is CCS(=O)(=O)N1CCc2ccc(NS(=O)(=O)Cc3ccc(OC)cc3)cc2C1. The van der Waals surface area contributed by atoms with E-state index in [-0.39, 0.29) is 18.1 Å². The second-order valence-corrected chi connectivity index (χ2v) is 10.7. The number of benzene rings is 2. The van der Waals surface area contributed by atoms with Gasteiger partial charge in [-0.3, -0.25) is 4.72 Å². The van der Waals surface area contributed by atoms with Crippen molar-refractivity contribution in [1.29, 1.82) is 0 Å². The van der Waals surface area contributed by atoms with Crippen LogP contribution in [0.5, 0.6) is 5.75 Å². The average Bonchev–Trinajstić information content (AvgIpc) is 2.67. The van der Waals surface area contributed by atoms with Crippen molar-refractivity contribution in [3.8, 4) is 5.75 Å². The van der Waals surface area contributed by atoms with Gasteiger partial charge in [0.2, 0.25) is 20.0 Å². The third kappa shape index (κ3) is 4.84. The minimum atomic E-state index is -3.60. The van der Waals surface area contributed by atoms with E-state index in [1.165, 1.54) is 4.31 Å². The molecule has 0 saturated carbocycles. The molecule has 0 aromatic heterocycles. The van der Waals surface area contributed by atoms with Crippen molar-refractivity contribution in [3.63, 3.8) is 0 Å². The van der Waals surface area contributed by atoms with Crippen molar-refractivity contribution in [1.82, 2.24) is 4.31 Å². The van der Waals surface area contributed by atoms with Gasteiger partial charge in [-0.1, -0.05) is 18.2 Å². The number of anilines is 1. The minimum Gasteiger partial charge on any atom is -0.497 e. The van der Waals surface area contributed by atoms with Crippen molar-refractivity contribution in [3.05, 3.63) is 59.2 Å². The van der Waals surface area contributed by atoms with E-state index in [4.69, 9.17) is 4.74 Å². The molecule has 0 radical (unpaired) electrons. The Hall–Kier alpha value is -2.10. The number of nitrogens with zero attached hydrogens (tertiary/aromatic N) is 1. The monoisotopic (exact) mass is 424 g/mol. The Morgan fingerprint density at radius 1 is 1.04 bits per heavy atom. The number of fused-ring (bicyclic) bond motifs is 1. The first-order valence-corrected chi connectivity index (χ1v) is 12.2. The summed E-state index contributed by atoms with van der Waals surface area (Å²) in [6.07, 6.45) is 0.618. The highest BCUT2D eigenvalue weighted by Gasteiger charge is 2.25. The van der Waals surface area contributed by atoms with Gasteiger partial charge in [0, 0.05) is 18.8 Å². The minimum absolute atomic E-state index is 0.0521.